The molecule has 0 saturated heterocycles. The van der Waals surface area contributed by atoms with E-state index >= 15 is 0 Å². The molecule has 2 fully saturated rings. The normalized spacial score (nSPS) is 15.3. The molecule has 0 bridgehead atoms. The van der Waals surface area contributed by atoms with Crippen molar-refractivity contribution in [3.8, 4) is 0 Å². The minimum atomic E-state index is -3.55. The van der Waals surface area contributed by atoms with E-state index in [2.05, 4.69) is 0 Å². The maximum Gasteiger partial charge on any atom is 0.333 e. The molecule has 13 heteroatoms. The topological polar surface area (TPSA) is 122 Å². The number of rotatable bonds is 12. The third-order valence-corrected chi connectivity index (χ3v) is 16.8. The highest BCUT2D eigenvalue weighted by atomic mass is 32.2. The number of carbonyl (C=O) groups is 2. The summed E-state index contributed by atoms with van der Waals surface area (Å²) in [5.74, 6) is -2.63. The number of sulfone groups is 2. The molecule has 0 radical (unpaired) electrons. The van der Waals surface area contributed by atoms with Crippen molar-refractivity contribution in [2.45, 2.75) is 105 Å². The number of carbonyl (C=O) groups excluding carboxylic acids is 2. The first-order valence-corrected chi connectivity index (χ1v) is 22.7. The van der Waals surface area contributed by atoms with E-state index in [1.165, 1.54) is 24.3 Å². The van der Waals surface area contributed by atoms with Crippen molar-refractivity contribution >= 4 is 53.4 Å². The molecule has 4 aromatic carbocycles. The number of esters is 2. The first-order chi connectivity index (χ1) is 27.7. The van der Waals surface area contributed by atoms with E-state index in [9.17, 15) is 35.2 Å². The number of fused-ring (bicyclic) bond motifs is 2. The summed E-state index contributed by atoms with van der Waals surface area (Å²) in [5, 5.41) is 0.315. The van der Waals surface area contributed by atoms with Crippen molar-refractivity contribution in [3.63, 3.8) is 0 Å². The van der Waals surface area contributed by atoms with E-state index in [1.54, 1.807) is 83.6 Å². The van der Waals surface area contributed by atoms with Gasteiger partial charge < -0.3 is 13.9 Å². The summed E-state index contributed by atoms with van der Waals surface area (Å²) < 4.78 is 91.2. The van der Waals surface area contributed by atoms with Crippen LogP contribution in [0.4, 0.5) is 8.78 Å². The molecule has 0 N–H and O–H groups in total. The number of hydrogen-bond acceptors (Lipinski definition) is 7. The standard InChI is InChI=1S/C45H44F2N2O7S2/c1-28-37(22-30-14-18-36(19-15-30)57(52,53)34-9-4-5-10-34)39-24-32(46)16-20-41(39)48(28)26-44(50)56-45(51)27-49-29(2)38(40-25-33(47)17-21-42(40)49)23-31-8-3-6-13-43(31)58(54,55)35-11-7-12-35/h3,6,8,13-21,24-25,34-35H,4-5,7,9-12,22-23,26-27H2,1-2H3. The molecule has 2 saturated carbocycles. The maximum absolute atomic E-state index is 14.7. The van der Waals surface area contributed by atoms with Gasteiger partial charge in [-0.05, 0) is 123 Å². The van der Waals surface area contributed by atoms with E-state index in [-0.39, 0.29) is 34.6 Å². The van der Waals surface area contributed by atoms with E-state index in [0.717, 1.165) is 30.4 Å². The fraction of sp³-hybridized carbons (Fsp3) is 0.333. The molecule has 0 aliphatic heterocycles. The fourth-order valence-corrected chi connectivity index (χ4v) is 12.7. The summed E-state index contributed by atoms with van der Waals surface area (Å²) in [6, 6.07) is 22.0. The number of hydrogen-bond donors (Lipinski definition) is 0. The molecule has 0 unspecified atom stereocenters. The lowest BCUT2D eigenvalue weighted by atomic mass is 10.00. The lowest BCUT2D eigenvalue weighted by Gasteiger charge is -2.26. The lowest BCUT2D eigenvalue weighted by molar-refractivity contribution is -0.160. The molecule has 2 aromatic heterocycles. The van der Waals surface area contributed by atoms with Gasteiger partial charge >= 0.3 is 11.9 Å². The quantitative estimate of drug-likeness (QED) is 0.0897. The first-order valence-electron chi connectivity index (χ1n) is 19.6. The Morgan fingerprint density at radius 2 is 1.14 bits per heavy atom. The average molecular weight is 827 g/mol. The Hall–Kier alpha value is -5.14. The number of benzene rings is 4. The van der Waals surface area contributed by atoms with Crippen LogP contribution in [0.15, 0.2) is 94.7 Å². The molecule has 2 aliphatic rings. The van der Waals surface area contributed by atoms with E-state index in [1.807, 2.05) is 0 Å². The Labute approximate surface area is 336 Å². The van der Waals surface area contributed by atoms with Crippen molar-refractivity contribution in [1.29, 1.82) is 0 Å². The van der Waals surface area contributed by atoms with Gasteiger partial charge in [-0.3, -0.25) is 0 Å². The largest absolute Gasteiger partial charge is 0.390 e. The molecule has 0 atom stereocenters. The maximum atomic E-state index is 14.7. The molecule has 9 nitrogen and oxygen atoms in total. The van der Waals surface area contributed by atoms with Gasteiger partial charge in [-0.15, -0.1) is 0 Å². The summed E-state index contributed by atoms with van der Waals surface area (Å²) in [6.07, 6.45) is 5.77. The van der Waals surface area contributed by atoms with Gasteiger partial charge in [0.15, 0.2) is 19.7 Å². The summed E-state index contributed by atoms with van der Waals surface area (Å²) in [6.45, 7) is 2.86. The Balaban J connectivity index is 1.02. The van der Waals surface area contributed by atoms with Crippen LogP contribution in [-0.2, 0) is 59.9 Å². The summed E-state index contributed by atoms with van der Waals surface area (Å²) in [4.78, 5) is 27.4. The lowest BCUT2D eigenvalue weighted by Crippen LogP contribution is -2.29. The molecular weight excluding hydrogens is 783 g/mol. The second-order valence-corrected chi connectivity index (χ2v) is 20.0. The zero-order valence-electron chi connectivity index (χ0n) is 32.3. The van der Waals surface area contributed by atoms with Gasteiger partial charge in [0.1, 0.15) is 24.7 Å². The van der Waals surface area contributed by atoms with Crippen LogP contribution >= 0.6 is 0 Å². The van der Waals surface area contributed by atoms with Crippen LogP contribution in [0.1, 0.15) is 78.6 Å². The number of aromatic nitrogens is 2. The predicted molar refractivity (Wildman–Crippen MR) is 217 cm³/mol. The highest BCUT2D eigenvalue weighted by Crippen LogP contribution is 2.36. The smallest absolute Gasteiger partial charge is 0.333 e. The molecule has 302 valence electrons. The van der Waals surface area contributed by atoms with Crippen LogP contribution < -0.4 is 0 Å². The number of halogens is 2. The van der Waals surface area contributed by atoms with Gasteiger partial charge in [-0.2, -0.15) is 0 Å². The molecule has 2 heterocycles. The van der Waals surface area contributed by atoms with Crippen LogP contribution in [0, 0.1) is 25.5 Å². The van der Waals surface area contributed by atoms with Crippen LogP contribution in [0.25, 0.3) is 21.8 Å². The zero-order valence-corrected chi connectivity index (χ0v) is 34.0. The Morgan fingerprint density at radius 1 is 0.638 bits per heavy atom. The second kappa shape index (κ2) is 15.6. The number of ether oxygens (including phenoxy) is 1. The fourth-order valence-electron chi connectivity index (χ4n) is 8.72. The van der Waals surface area contributed by atoms with E-state index in [4.69, 9.17) is 4.74 Å². The Kier molecular flexibility index (Phi) is 10.6. The zero-order chi connectivity index (χ0) is 40.9. The summed E-state index contributed by atoms with van der Waals surface area (Å²) >= 11 is 0. The van der Waals surface area contributed by atoms with E-state index < -0.39 is 48.5 Å². The van der Waals surface area contributed by atoms with Crippen molar-refractivity contribution in [2.24, 2.45) is 0 Å². The molecule has 0 spiro atoms. The molecule has 8 rings (SSSR count). The SMILES string of the molecule is Cc1c(Cc2ccc(S(=O)(=O)C3CCCC3)cc2)c2cc(F)ccc2n1CC(=O)OC(=O)Cn1c(C)c(Cc2ccccc2S(=O)(=O)C2CCC2)c2cc(F)ccc21. The van der Waals surface area contributed by atoms with Gasteiger partial charge in [-0.25, -0.2) is 35.2 Å². The minimum Gasteiger partial charge on any atom is -0.390 e. The number of nitrogens with zero attached hydrogens (tertiary/aromatic N) is 2. The molecule has 2 aliphatic carbocycles. The molecule has 0 amide bonds. The van der Waals surface area contributed by atoms with Crippen molar-refractivity contribution in [3.05, 3.63) is 130 Å². The summed E-state index contributed by atoms with van der Waals surface area (Å²) in [5.41, 5.74) is 5.15. The first kappa shape index (κ1) is 39.7. The van der Waals surface area contributed by atoms with E-state index in [0.29, 0.717) is 76.4 Å². The van der Waals surface area contributed by atoms with Crippen LogP contribution in [0.3, 0.4) is 0 Å². The highest BCUT2D eigenvalue weighted by molar-refractivity contribution is 7.92. The van der Waals surface area contributed by atoms with Crippen LogP contribution in [0.5, 0.6) is 0 Å². The monoisotopic (exact) mass is 826 g/mol. The summed E-state index contributed by atoms with van der Waals surface area (Å²) in [7, 11) is -6.98. The average Bonchev–Trinajstić information content (AvgIpc) is 3.86. The predicted octanol–water partition coefficient (Wildman–Crippen LogP) is 8.49. The Morgan fingerprint density at radius 3 is 1.67 bits per heavy atom. The highest BCUT2D eigenvalue weighted by Gasteiger charge is 2.34. The van der Waals surface area contributed by atoms with Crippen LogP contribution in [0.2, 0.25) is 0 Å². The third-order valence-electron chi connectivity index (χ3n) is 12.1. The molecule has 58 heavy (non-hydrogen) atoms. The third kappa shape index (κ3) is 7.38. The van der Waals surface area contributed by atoms with Gasteiger partial charge in [0.2, 0.25) is 0 Å². The minimum absolute atomic E-state index is 0.182. The van der Waals surface area contributed by atoms with Gasteiger partial charge in [0.05, 0.1) is 20.3 Å². The van der Waals surface area contributed by atoms with Crippen molar-refractivity contribution in [1.82, 2.24) is 9.13 Å². The van der Waals surface area contributed by atoms with Crippen LogP contribution in [-0.4, -0.2) is 48.4 Å². The van der Waals surface area contributed by atoms with Crippen molar-refractivity contribution < 1.29 is 39.9 Å². The molecular formula is C45H44F2N2O7S2. The van der Waals surface area contributed by atoms with Gasteiger partial charge in [0.25, 0.3) is 0 Å². The second-order valence-electron chi connectivity index (χ2n) is 15.6. The molecule has 6 aromatic rings. The Bertz CT molecular complexity index is 2820. The van der Waals surface area contributed by atoms with Crippen molar-refractivity contribution in [2.75, 3.05) is 0 Å². The van der Waals surface area contributed by atoms with Gasteiger partial charge in [0, 0.05) is 39.6 Å². The van der Waals surface area contributed by atoms with Gasteiger partial charge in [-0.1, -0.05) is 49.6 Å².